The van der Waals surface area contributed by atoms with Crippen molar-refractivity contribution in [2.45, 2.75) is 26.2 Å². The summed E-state index contributed by atoms with van der Waals surface area (Å²) in [5, 5.41) is 3.81. The van der Waals surface area contributed by atoms with Crippen LogP contribution in [0.15, 0.2) is 45.3 Å². The molecule has 1 aromatic carbocycles. The predicted molar refractivity (Wildman–Crippen MR) is 96.1 cm³/mol. The quantitative estimate of drug-likeness (QED) is 0.736. The van der Waals surface area contributed by atoms with E-state index in [2.05, 4.69) is 5.32 Å². The summed E-state index contributed by atoms with van der Waals surface area (Å²) in [5.74, 6) is -0.803. The maximum atomic E-state index is 13.1. The first-order valence-corrected chi connectivity index (χ1v) is 8.79. The number of rotatable bonds is 4. The van der Waals surface area contributed by atoms with Gasteiger partial charge in [-0.05, 0) is 30.5 Å². The molecule has 2 heterocycles. The second-order valence-corrected chi connectivity index (χ2v) is 6.56. The molecule has 0 saturated carbocycles. The Bertz CT molecular complexity index is 1130. The van der Waals surface area contributed by atoms with Gasteiger partial charge in [0.15, 0.2) is 0 Å². The molecule has 0 aliphatic rings. The zero-order valence-electron chi connectivity index (χ0n) is 14.0. The molecular formula is C17H14F3N3O3S. The molecule has 0 atom stereocenters. The number of hydrogen-bond acceptors (Lipinski definition) is 4. The van der Waals surface area contributed by atoms with E-state index in [-0.39, 0.29) is 12.1 Å². The van der Waals surface area contributed by atoms with Crippen molar-refractivity contribution in [1.29, 1.82) is 0 Å². The molecule has 10 heteroatoms. The third kappa shape index (κ3) is 3.52. The summed E-state index contributed by atoms with van der Waals surface area (Å²) in [6, 6.07) is 6.10. The summed E-state index contributed by atoms with van der Waals surface area (Å²) in [5.41, 5.74) is -2.24. The van der Waals surface area contributed by atoms with Crippen molar-refractivity contribution in [2.75, 3.05) is 5.32 Å². The highest BCUT2D eigenvalue weighted by Gasteiger charge is 2.33. The van der Waals surface area contributed by atoms with E-state index in [1.165, 1.54) is 18.2 Å². The van der Waals surface area contributed by atoms with E-state index in [9.17, 15) is 27.6 Å². The van der Waals surface area contributed by atoms with Crippen LogP contribution in [0.3, 0.4) is 0 Å². The van der Waals surface area contributed by atoms with E-state index in [0.717, 1.165) is 32.6 Å². The number of alkyl halides is 3. The van der Waals surface area contributed by atoms with Gasteiger partial charge in [-0.25, -0.2) is 4.79 Å². The van der Waals surface area contributed by atoms with E-state index in [1.54, 1.807) is 12.3 Å². The first kappa shape index (κ1) is 18.9. The van der Waals surface area contributed by atoms with Crippen LogP contribution in [-0.4, -0.2) is 15.0 Å². The number of halogens is 3. The van der Waals surface area contributed by atoms with Crippen LogP contribution in [0.25, 0.3) is 10.2 Å². The van der Waals surface area contributed by atoms with Crippen molar-refractivity contribution in [3.8, 4) is 0 Å². The number of para-hydroxylation sites is 1. The van der Waals surface area contributed by atoms with Gasteiger partial charge in [0.1, 0.15) is 11.2 Å². The fourth-order valence-corrected chi connectivity index (χ4v) is 3.58. The highest BCUT2D eigenvalue weighted by atomic mass is 32.1. The lowest BCUT2D eigenvalue weighted by atomic mass is 10.1. The van der Waals surface area contributed by atoms with Crippen LogP contribution < -0.4 is 16.6 Å². The summed E-state index contributed by atoms with van der Waals surface area (Å²) < 4.78 is 41.5. The Hall–Kier alpha value is -2.88. The van der Waals surface area contributed by atoms with Crippen molar-refractivity contribution >= 4 is 33.1 Å². The van der Waals surface area contributed by atoms with Gasteiger partial charge in [-0.2, -0.15) is 13.2 Å². The molecule has 2 aromatic heterocycles. The Balaban J connectivity index is 1.98. The summed E-state index contributed by atoms with van der Waals surface area (Å²) in [6.07, 6.45) is -4.63. The lowest BCUT2D eigenvalue weighted by Gasteiger charge is -2.15. The average Bonchev–Trinajstić information content (AvgIpc) is 3.08. The lowest BCUT2D eigenvalue weighted by Crippen LogP contribution is -2.41. The van der Waals surface area contributed by atoms with Crippen molar-refractivity contribution < 1.29 is 18.0 Å². The van der Waals surface area contributed by atoms with Crippen LogP contribution >= 0.6 is 11.3 Å². The van der Waals surface area contributed by atoms with Crippen LogP contribution in [0, 0.1) is 0 Å². The fourth-order valence-electron chi connectivity index (χ4n) is 2.74. The molecule has 1 N–H and O–H groups in total. The van der Waals surface area contributed by atoms with Crippen LogP contribution in [0.4, 0.5) is 18.9 Å². The second kappa shape index (κ2) is 7.03. The monoisotopic (exact) mass is 397 g/mol. The molecule has 0 fully saturated rings. The summed E-state index contributed by atoms with van der Waals surface area (Å²) >= 11 is 1.13. The smallest absolute Gasteiger partial charge is 0.324 e. The second-order valence-electron chi connectivity index (χ2n) is 5.64. The number of nitrogens with one attached hydrogen (secondary N) is 1. The lowest BCUT2D eigenvalue weighted by molar-refractivity contribution is -0.137. The summed E-state index contributed by atoms with van der Waals surface area (Å²) in [4.78, 5) is 37.1. The molecule has 0 aliphatic heterocycles. The summed E-state index contributed by atoms with van der Waals surface area (Å²) in [7, 11) is 0. The Morgan fingerprint density at radius 2 is 1.85 bits per heavy atom. The number of anilines is 1. The third-order valence-electron chi connectivity index (χ3n) is 3.96. The number of benzene rings is 1. The first-order valence-electron chi connectivity index (χ1n) is 7.91. The molecule has 3 aromatic rings. The molecule has 1 amide bonds. The van der Waals surface area contributed by atoms with Crippen LogP contribution in [0.2, 0.25) is 0 Å². The Morgan fingerprint density at radius 1 is 1.15 bits per heavy atom. The topological polar surface area (TPSA) is 73.1 Å². The van der Waals surface area contributed by atoms with E-state index >= 15 is 0 Å². The van der Waals surface area contributed by atoms with Crippen LogP contribution in [0.1, 0.15) is 12.5 Å². The van der Waals surface area contributed by atoms with Crippen LogP contribution in [0.5, 0.6) is 0 Å². The van der Waals surface area contributed by atoms with Gasteiger partial charge in [0.2, 0.25) is 5.91 Å². The Labute approximate surface area is 154 Å². The van der Waals surface area contributed by atoms with E-state index in [1.807, 2.05) is 0 Å². The first-order chi connectivity index (χ1) is 12.7. The molecule has 0 radical (unpaired) electrons. The number of thiophene rings is 1. The fraction of sp³-hybridized carbons (Fsp3) is 0.235. The van der Waals surface area contributed by atoms with Crippen LogP contribution in [-0.2, 0) is 24.1 Å². The Kier molecular flexibility index (Phi) is 4.92. The Morgan fingerprint density at radius 3 is 2.52 bits per heavy atom. The van der Waals surface area contributed by atoms with Gasteiger partial charge < -0.3 is 5.32 Å². The largest absolute Gasteiger partial charge is 0.418 e. The maximum Gasteiger partial charge on any atom is 0.418 e. The van der Waals surface area contributed by atoms with Gasteiger partial charge in [0.05, 0.1) is 16.8 Å². The highest BCUT2D eigenvalue weighted by molar-refractivity contribution is 7.17. The van der Waals surface area contributed by atoms with Gasteiger partial charge in [-0.1, -0.05) is 12.1 Å². The number of hydrogen-bond donors (Lipinski definition) is 1. The third-order valence-corrected chi connectivity index (χ3v) is 4.85. The maximum absolute atomic E-state index is 13.1. The standard InChI is InChI=1S/C17H14F3N3O3S/c1-2-22-15(25)14-12(7-8-27-14)23(16(22)26)9-13(24)21-11-6-4-3-5-10(11)17(18,19)20/h3-8H,2,9H2,1H3,(H,21,24). The normalized spacial score (nSPS) is 11.7. The van der Waals surface area contributed by atoms with Crippen molar-refractivity contribution in [3.05, 3.63) is 62.1 Å². The van der Waals surface area contributed by atoms with E-state index in [4.69, 9.17) is 0 Å². The van der Waals surface area contributed by atoms with E-state index < -0.39 is 41.1 Å². The van der Waals surface area contributed by atoms with Gasteiger partial charge in [0.25, 0.3) is 5.56 Å². The minimum absolute atomic E-state index is 0.115. The average molecular weight is 397 g/mol. The molecule has 0 saturated heterocycles. The van der Waals surface area contributed by atoms with Gasteiger partial charge >= 0.3 is 11.9 Å². The molecule has 3 rings (SSSR count). The van der Waals surface area contributed by atoms with Gasteiger partial charge in [0, 0.05) is 6.54 Å². The number of amides is 1. The number of carbonyl (C=O) groups excluding carboxylic acids is 1. The summed E-state index contributed by atoms with van der Waals surface area (Å²) in [6.45, 7) is 1.22. The highest BCUT2D eigenvalue weighted by Crippen LogP contribution is 2.34. The van der Waals surface area contributed by atoms with Crippen molar-refractivity contribution in [2.24, 2.45) is 0 Å². The van der Waals surface area contributed by atoms with Crippen molar-refractivity contribution in [3.63, 3.8) is 0 Å². The molecular weight excluding hydrogens is 383 g/mol. The minimum Gasteiger partial charge on any atom is -0.324 e. The predicted octanol–water partition coefficient (Wildman–Crippen LogP) is 2.90. The zero-order chi connectivity index (χ0) is 19.8. The molecule has 0 bridgehead atoms. The van der Waals surface area contributed by atoms with Gasteiger partial charge in [-0.15, -0.1) is 11.3 Å². The molecule has 0 spiro atoms. The minimum atomic E-state index is -4.63. The number of nitrogens with zero attached hydrogens (tertiary/aromatic N) is 2. The van der Waals surface area contributed by atoms with Gasteiger partial charge in [-0.3, -0.25) is 18.7 Å². The molecule has 142 valence electrons. The molecule has 0 aliphatic carbocycles. The number of carbonyl (C=O) groups is 1. The van der Waals surface area contributed by atoms with E-state index in [0.29, 0.717) is 4.70 Å². The molecule has 27 heavy (non-hydrogen) atoms. The van der Waals surface area contributed by atoms with Crippen molar-refractivity contribution in [1.82, 2.24) is 9.13 Å². The SMILES string of the molecule is CCn1c(=O)c2sccc2n(CC(=O)Nc2ccccc2C(F)(F)F)c1=O. The molecule has 6 nitrogen and oxygen atoms in total. The zero-order valence-corrected chi connectivity index (χ0v) is 14.9. The molecule has 0 unspecified atom stereocenters. The number of aromatic nitrogens is 2. The number of fused-ring (bicyclic) bond motifs is 1.